The van der Waals surface area contributed by atoms with Crippen LogP contribution in [0.4, 0.5) is 24.5 Å². The normalized spacial score (nSPS) is 16.4. The summed E-state index contributed by atoms with van der Waals surface area (Å²) in [5.74, 6) is -0.771. The number of anilines is 2. The summed E-state index contributed by atoms with van der Waals surface area (Å²) >= 11 is 5.95. The monoisotopic (exact) mass is 322 g/mol. The first-order valence-electron chi connectivity index (χ1n) is 6.31. The van der Waals surface area contributed by atoms with Gasteiger partial charge in [-0.05, 0) is 31.9 Å². The third kappa shape index (κ3) is 3.02. The Morgan fingerprint density at radius 2 is 2.10 bits per heavy atom. The van der Waals surface area contributed by atoms with Crippen molar-refractivity contribution < 1.29 is 22.7 Å². The number of nitrogen functional groups attached to an aromatic ring is 1. The Labute approximate surface area is 124 Å². The maximum absolute atomic E-state index is 13.0. The van der Waals surface area contributed by atoms with Crippen LogP contribution in [-0.2, 0) is 4.74 Å². The molecule has 0 atom stereocenters. The third-order valence-corrected chi connectivity index (χ3v) is 3.56. The molecule has 1 saturated carbocycles. The van der Waals surface area contributed by atoms with Crippen molar-refractivity contribution in [2.45, 2.75) is 31.5 Å². The highest BCUT2D eigenvalue weighted by Crippen LogP contribution is 2.52. The number of ether oxygens (including phenoxy) is 1. The van der Waals surface area contributed by atoms with Crippen LogP contribution in [0, 0.1) is 0 Å². The second-order valence-corrected chi connectivity index (χ2v) is 5.26. The number of nitrogens with two attached hydrogens (primary N) is 1. The molecule has 2 rings (SSSR count). The minimum atomic E-state index is -4.43. The van der Waals surface area contributed by atoms with Gasteiger partial charge >= 0.3 is 12.1 Å². The summed E-state index contributed by atoms with van der Waals surface area (Å²) in [4.78, 5) is 11.9. The Kier molecular flexibility index (Phi) is 3.97. The lowest BCUT2D eigenvalue weighted by molar-refractivity contribution is -0.151. The highest BCUT2D eigenvalue weighted by atomic mass is 35.5. The number of halogens is 4. The van der Waals surface area contributed by atoms with Crippen LogP contribution in [0.5, 0.6) is 0 Å². The molecule has 0 bridgehead atoms. The fourth-order valence-corrected chi connectivity index (χ4v) is 2.24. The Hall–Kier alpha value is -1.63. The molecule has 21 heavy (non-hydrogen) atoms. The molecule has 0 saturated heterocycles. The number of rotatable bonds is 4. The van der Waals surface area contributed by atoms with Gasteiger partial charge in [0.1, 0.15) is 5.54 Å². The van der Waals surface area contributed by atoms with Crippen LogP contribution in [-0.4, -0.2) is 24.3 Å². The van der Waals surface area contributed by atoms with E-state index in [0.717, 1.165) is 0 Å². The largest absolute Gasteiger partial charge is 0.462 e. The fourth-order valence-electron chi connectivity index (χ4n) is 1.97. The Balaban J connectivity index is 2.41. The van der Waals surface area contributed by atoms with Crippen LogP contribution < -0.4 is 11.1 Å². The zero-order chi connectivity index (χ0) is 15.8. The summed E-state index contributed by atoms with van der Waals surface area (Å²) in [5, 5.41) is 2.31. The smallest absolute Gasteiger partial charge is 0.411 e. The average molecular weight is 323 g/mol. The molecular weight excluding hydrogens is 309 g/mol. The highest BCUT2D eigenvalue weighted by molar-refractivity contribution is 6.34. The Morgan fingerprint density at radius 1 is 1.48 bits per heavy atom. The van der Waals surface area contributed by atoms with E-state index in [1.54, 1.807) is 6.92 Å². The van der Waals surface area contributed by atoms with Gasteiger partial charge in [0, 0.05) is 5.69 Å². The Bertz CT molecular complexity index is 571. The predicted molar refractivity (Wildman–Crippen MR) is 73.5 cm³/mol. The van der Waals surface area contributed by atoms with Gasteiger partial charge in [0.05, 0.1) is 22.9 Å². The van der Waals surface area contributed by atoms with Crippen molar-refractivity contribution >= 4 is 28.9 Å². The SMILES string of the molecule is CCOC(=O)c1cc(N)cc(Cl)c1NC1(C(F)(F)F)CC1. The van der Waals surface area contributed by atoms with Gasteiger partial charge < -0.3 is 15.8 Å². The summed E-state index contributed by atoms with van der Waals surface area (Å²) in [6, 6.07) is 2.54. The third-order valence-electron chi connectivity index (χ3n) is 3.26. The van der Waals surface area contributed by atoms with E-state index in [0.29, 0.717) is 0 Å². The number of carbonyl (C=O) groups is 1. The number of alkyl halides is 3. The van der Waals surface area contributed by atoms with E-state index in [-0.39, 0.29) is 41.4 Å². The van der Waals surface area contributed by atoms with Gasteiger partial charge in [-0.2, -0.15) is 13.2 Å². The first-order valence-corrected chi connectivity index (χ1v) is 6.69. The molecule has 0 unspecified atom stereocenters. The van der Waals surface area contributed by atoms with E-state index in [4.69, 9.17) is 22.1 Å². The average Bonchev–Trinajstić information content (AvgIpc) is 3.13. The van der Waals surface area contributed by atoms with Gasteiger partial charge in [-0.3, -0.25) is 0 Å². The maximum atomic E-state index is 13.0. The van der Waals surface area contributed by atoms with E-state index in [1.165, 1.54) is 12.1 Å². The number of carbonyl (C=O) groups excluding carboxylic acids is 1. The Morgan fingerprint density at radius 3 is 2.57 bits per heavy atom. The summed E-state index contributed by atoms with van der Waals surface area (Å²) in [5.41, 5.74) is 3.53. The molecule has 1 aromatic rings. The molecule has 1 aliphatic carbocycles. The molecule has 0 aromatic heterocycles. The van der Waals surface area contributed by atoms with E-state index < -0.39 is 17.7 Å². The van der Waals surface area contributed by atoms with Crippen LogP contribution >= 0.6 is 11.6 Å². The van der Waals surface area contributed by atoms with Crippen molar-refractivity contribution in [3.8, 4) is 0 Å². The minimum absolute atomic E-state index is 0.0476. The molecule has 4 nitrogen and oxygen atoms in total. The van der Waals surface area contributed by atoms with E-state index in [2.05, 4.69) is 5.32 Å². The summed E-state index contributed by atoms with van der Waals surface area (Å²) < 4.78 is 43.9. The van der Waals surface area contributed by atoms with Crippen LogP contribution in [0.25, 0.3) is 0 Å². The standard InChI is InChI=1S/C13H14ClF3N2O2/c1-2-21-11(20)8-5-7(18)6-9(14)10(8)19-12(3-4-12)13(15,16)17/h5-6,19H,2-4,18H2,1H3. The lowest BCUT2D eigenvalue weighted by atomic mass is 10.1. The summed E-state index contributed by atoms with van der Waals surface area (Å²) in [6.45, 7) is 1.69. The number of hydrogen-bond acceptors (Lipinski definition) is 4. The van der Waals surface area contributed by atoms with Crippen LogP contribution in [0.3, 0.4) is 0 Å². The van der Waals surface area contributed by atoms with Crippen LogP contribution in [0.2, 0.25) is 5.02 Å². The summed E-state index contributed by atoms with van der Waals surface area (Å²) in [7, 11) is 0. The molecule has 8 heteroatoms. The van der Waals surface area contributed by atoms with Gasteiger partial charge in [-0.25, -0.2) is 4.79 Å². The van der Waals surface area contributed by atoms with Crippen LogP contribution in [0.15, 0.2) is 12.1 Å². The molecular formula is C13H14ClF3N2O2. The predicted octanol–water partition coefficient (Wildman–Crippen LogP) is 3.61. The van der Waals surface area contributed by atoms with Gasteiger partial charge in [-0.15, -0.1) is 0 Å². The topological polar surface area (TPSA) is 64.3 Å². The second kappa shape index (κ2) is 5.29. The van der Waals surface area contributed by atoms with Gasteiger partial charge in [0.15, 0.2) is 0 Å². The molecule has 1 aromatic carbocycles. The van der Waals surface area contributed by atoms with Gasteiger partial charge in [-0.1, -0.05) is 11.6 Å². The lowest BCUT2D eigenvalue weighted by Gasteiger charge is -2.24. The first kappa shape index (κ1) is 15.8. The quantitative estimate of drug-likeness (QED) is 0.656. The van der Waals surface area contributed by atoms with Crippen molar-refractivity contribution in [3.05, 3.63) is 22.7 Å². The second-order valence-electron chi connectivity index (χ2n) is 4.85. The molecule has 3 N–H and O–H groups in total. The van der Waals surface area contributed by atoms with Crippen LogP contribution in [0.1, 0.15) is 30.1 Å². The molecule has 0 amide bonds. The van der Waals surface area contributed by atoms with Gasteiger partial charge in [0.25, 0.3) is 0 Å². The molecule has 116 valence electrons. The number of nitrogens with one attached hydrogen (secondary N) is 1. The van der Waals surface area contributed by atoms with Gasteiger partial charge in [0.2, 0.25) is 0 Å². The van der Waals surface area contributed by atoms with E-state index >= 15 is 0 Å². The maximum Gasteiger partial charge on any atom is 0.411 e. The molecule has 0 spiro atoms. The molecule has 0 heterocycles. The van der Waals surface area contributed by atoms with Crippen molar-refractivity contribution in [1.29, 1.82) is 0 Å². The lowest BCUT2D eigenvalue weighted by Crippen LogP contribution is -2.39. The molecule has 1 aliphatic rings. The molecule has 1 fully saturated rings. The number of hydrogen-bond donors (Lipinski definition) is 2. The fraction of sp³-hybridized carbons (Fsp3) is 0.462. The zero-order valence-corrected chi connectivity index (χ0v) is 11.9. The highest BCUT2D eigenvalue weighted by Gasteiger charge is 2.63. The minimum Gasteiger partial charge on any atom is -0.462 e. The van der Waals surface area contributed by atoms with E-state index in [9.17, 15) is 18.0 Å². The van der Waals surface area contributed by atoms with Crippen molar-refractivity contribution in [3.63, 3.8) is 0 Å². The zero-order valence-electron chi connectivity index (χ0n) is 11.2. The first-order chi connectivity index (χ1) is 9.70. The van der Waals surface area contributed by atoms with E-state index in [1.807, 2.05) is 0 Å². The summed E-state index contributed by atoms with van der Waals surface area (Å²) in [6.07, 6.45) is -4.57. The van der Waals surface area contributed by atoms with Crippen molar-refractivity contribution in [2.75, 3.05) is 17.7 Å². The molecule has 0 radical (unpaired) electrons. The van der Waals surface area contributed by atoms with Crippen molar-refractivity contribution in [1.82, 2.24) is 0 Å². The van der Waals surface area contributed by atoms with Crippen molar-refractivity contribution in [2.24, 2.45) is 0 Å². The molecule has 0 aliphatic heterocycles. The number of benzene rings is 1. The number of esters is 1.